The first-order valence-electron chi connectivity index (χ1n) is 7.38. The number of hydrogen-bond donors (Lipinski definition) is 2. The highest BCUT2D eigenvalue weighted by atomic mass is 35.5. The molecule has 16 heteroatoms. The quantitative estimate of drug-likeness (QED) is 0.285. The molecule has 2 aromatic rings. The van der Waals surface area contributed by atoms with E-state index in [1.54, 1.807) is 0 Å². The first kappa shape index (κ1) is 26.5. The van der Waals surface area contributed by atoms with Gasteiger partial charge in [0.2, 0.25) is 5.91 Å². The molecule has 0 heterocycles. The molecular weight excluding hydrogens is 460 g/mol. The van der Waals surface area contributed by atoms with Gasteiger partial charge < -0.3 is 11.1 Å². The van der Waals surface area contributed by atoms with Crippen LogP contribution >= 0.6 is 12.4 Å². The number of nitrogens with two attached hydrogens (primary N) is 1. The molecule has 0 radical (unpaired) electrons. The summed E-state index contributed by atoms with van der Waals surface area (Å²) in [5.74, 6) is -0.259. The lowest BCUT2D eigenvalue weighted by molar-refractivity contribution is -0.114. The average Bonchev–Trinajstić information content (AvgIpc) is 2.62. The Morgan fingerprint density at radius 2 is 1.23 bits per heavy atom. The monoisotopic (exact) mass is 474 g/mol. The number of amides is 1. The predicted molar refractivity (Wildman–Crippen MR) is 112 cm³/mol. The lowest BCUT2D eigenvalue weighted by Crippen LogP contribution is -2.05. The second kappa shape index (κ2) is 11.5. The van der Waals surface area contributed by atoms with Crippen molar-refractivity contribution in [2.24, 2.45) is 9.04 Å². The third-order valence-corrected chi connectivity index (χ3v) is 5.25. The molecule has 0 aliphatic carbocycles. The number of halogens is 1. The Balaban J connectivity index is 0.000000553. The molecule has 0 aliphatic rings. The van der Waals surface area contributed by atoms with Crippen molar-refractivity contribution in [3.8, 4) is 0 Å². The molecule has 3 N–H and O–H groups in total. The van der Waals surface area contributed by atoms with Crippen LogP contribution in [0.3, 0.4) is 0 Å². The molecular formula is C14H15ClN8O5S2. The molecule has 0 saturated heterocycles. The van der Waals surface area contributed by atoms with Crippen molar-refractivity contribution in [3.63, 3.8) is 0 Å². The molecule has 0 unspecified atom stereocenters. The molecule has 0 fully saturated rings. The Morgan fingerprint density at radius 1 is 0.867 bits per heavy atom. The maximum atomic E-state index is 11.3. The second-order valence-electron chi connectivity index (χ2n) is 5.07. The fraction of sp³-hybridized carbons (Fsp3) is 0.0714. The first-order chi connectivity index (χ1) is 13.5. The van der Waals surface area contributed by atoms with Crippen LogP contribution < -0.4 is 11.1 Å². The van der Waals surface area contributed by atoms with Gasteiger partial charge in [-0.05, 0) is 59.6 Å². The van der Waals surface area contributed by atoms with Gasteiger partial charge in [0.15, 0.2) is 0 Å². The fourth-order valence-corrected chi connectivity index (χ4v) is 3.08. The van der Waals surface area contributed by atoms with Crippen LogP contribution in [0.2, 0.25) is 0 Å². The van der Waals surface area contributed by atoms with E-state index in [9.17, 15) is 21.6 Å². The molecule has 1 amide bonds. The van der Waals surface area contributed by atoms with Crippen molar-refractivity contribution in [2.75, 3.05) is 11.1 Å². The second-order valence-corrected chi connectivity index (χ2v) is 8.24. The number of hydrogen-bond acceptors (Lipinski definition) is 6. The van der Waals surface area contributed by atoms with Gasteiger partial charge in [-0.15, -0.1) is 12.4 Å². The van der Waals surface area contributed by atoms with Gasteiger partial charge in [0.05, 0.1) is 9.79 Å². The van der Waals surface area contributed by atoms with Gasteiger partial charge in [-0.25, -0.2) is 16.8 Å². The minimum absolute atomic E-state index is 0. The summed E-state index contributed by atoms with van der Waals surface area (Å²) in [6.07, 6.45) is 0. The van der Waals surface area contributed by atoms with E-state index in [2.05, 4.69) is 24.2 Å². The molecule has 0 bridgehead atoms. The number of rotatable bonds is 5. The van der Waals surface area contributed by atoms with Crippen molar-refractivity contribution >= 4 is 49.7 Å². The van der Waals surface area contributed by atoms with Gasteiger partial charge in [-0.2, -0.15) is 0 Å². The Hall–Kier alpha value is -3.48. The Kier molecular flexibility index (Phi) is 10.2. The van der Waals surface area contributed by atoms with Crippen LogP contribution in [0.5, 0.6) is 0 Å². The summed E-state index contributed by atoms with van der Waals surface area (Å²) in [5.41, 5.74) is 22.3. The topological polar surface area (TPSA) is 221 Å². The highest BCUT2D eigenvalue weighted by molar-refractivity contribution is 7.90. The molecule has 160 valence electrons. The molecule has 0 atom stereocenters. The standard InChI is InChI=1S/C8H8N4O3S.C6H6N4O2S.ClH/c1-6(13)10-7-2-4-8(5-3-7)16(14,15)12-11-9;7-5-1-3-6(4-2-5)13(11,12)10-9-8;/h2-5H,1H3,(H,10,13);1-4H,7H2;1H. The van der Waals surface area contributed by atoms with E-state index in [1.165, 1.54) is 55.5 Å². The van der Waals surface area contributed by atoms with Crippen molar-refractivity contribution in [1.29, 1.82) is 0 Å². The maximum Gasteiger partial charge on any atom is 0.264 e. The predicted octanol–water partition coefficient (Wildman–Crippen LogP) is 3.33. The number of benzene rings is 2. The summed E-state index contributed by atoms with van der Waals surface area (Å²) in [6, 6.07) is 10.7. The van der Waals surface area contributed by atoms with Crippen LogP contribution in [0.25, 0.3) is 20.9 Å². The summed E-state index contributed by atoms with van der Waals surface area (Å²) in [7, 11) is -7.83. The minimum atomic E-state index is -3.96. The van der Waals surface area contributed by atoms with E-state index < -0.39 is 20.0 Å². The van der Waals surface area contributed by atoms with E-state index in [1.807, 2.05) is 0 Å². The summed E-state index contributed by atoms with van der Waals surface area (Å²) in [6.45, 7) is 1.34. The number of sulfonamides is 2. The van der Waals surface area contributed by atoms with Crippen LogP contribution in [0.15, 0.2) is 67.4 Å². The van der Waals surface area contributed by atoms with Crippen molar-refractivity contribution in [2.45, 2.75) is 16.7 Å². The van der Waals surface area contributed by atoms with Gasteiger partial charge in [0.25, 0.3) is 20.0 Å². The summed E-state index contributed by atoms with van der Waals surface area (Å²) in [5, 5.41) is 2.48. The molecule has 0 aromatic heterocycles. The lowest BCUT2D eigenvalue weighted by atomic mass is 10.3. The highest BCUT2D eigenvalue weighted by Crippen LogP contribution is 2.16. The Bertz CT molecular complexity index is 1190. The smallest absolute Gasteiger partial charge is 0.264 e. The summed E-state index contributed by atoms with van der Waals surface area (Å²) in [4.78, 5) is 14.9. The highest BCUT2D eigenvalue weighted by Gasteiger charge is 2.11. The Labute approximate surface area is 177 Å². The molecule has 2 rings (SSSR count). The molecule has 0 saturated carbocycles. The van der Waals surface area contributed by atoms with Crippen LogP contribution in [0, 0.1) is 0 Å². The van der Waals surface area contributed by atoms with E-state index in [0.29, 0.717) is 11.4 Å². The van der Waals surface area contributed by atoms with Crippen LogP contribution in [-0.4, -0.2) is 22.7 Å². The van der Waals surface area contributed by atoms with Gasteiger partial charge in [0.1, 0.15) is 0 Å². The van der Waals surface area contributed by atoms with E-state index in [-0.39, 0.29) is 28.1 Å². The van der Waals surface area contributed by atoms with Gasteiger partial charge in [-0.3, -0.25) is 4.79 Å². The van der Waals surface area contributed by atoms with Crippen LogP contribution in [-0.2, 0) is 24.8 Å². The number of azide groups is 2. The maximum absolute atomic E-state index is 11.3. The zero-order valence-electron chi connectivity index (χ0n) is 15.1. The number of anilines is 2. The summed E-state index contributed by atoms with van der Waals surface area (Å²) < 4.78 is 50.0. The molecule has 0 aliphatic heterocycles. The van der Waals surface area contributed by atoms with Gasteiger partial charge in [-0.1, -0.05) is 0 Å². The van der Waals surface area contributed by atoms with Crippen molar-refractivity contribution in [3.05, 3.63) is 69.4 Å². The number of carbonyl (C=O) groups excluding carboxylic acids is 1. The number of carbonyl (C=O) groups is 1. The van der Waals surface area contributed by atoms with E-state index in [0.717, 1.165) is 0 Å². The van der Waals surface area contributed by atoms with Gasteiger partial charge in [0, 0.05) is 37.2 Å². The molecule has 2 aromatic carbocycles. The number of nitrogens with zero attached hydrogens (tertiary/aromatic N) is 6. The minimum Gasteiger partial charge on any atom is -0.399 e. The number of nitrogens with one attached hydrogen (secondary N) is 1. The van der Waals surface area contributed by atoms with Crippen molar-refractivity contribution in [1.82, 2.24) is 0 Å². The fourth-order valence-electron chi connectivity index (χ4n) is 1.74. The third kappa shape index (κ3) is 8.26. The normalized spacial score (nSPS) is 10.0. The van der Waals surface area contributed by atoms with Crippen LogP contribution in [0.4, 0.5) is 11.4 Å². The zero-order chi connectivity index (χ0) is 22.1. The zero-order valence-corrected chi connectivity index (χ0v) is 17.6. The third-order valence-electron chi connectivity index (χ3n) is 2.94. The Morgan fingerprint density at radius 3 is 1.57 bits per heavy atom. The SMILES string of the molecule is CC(=O)Nc1ccc(S(=O)(=O)N=[N+]=[N-])cc1.Cl.[N-]=[N+]=NS(=O)(=O)c1ccc(N)cc1. The molecule has 13 nitrogen and oxygen atoms in total. The first-order valence-corrected chi connectivity index (χ1v) is 10.3. The molecule has 30 heavy (non-hydrogen) atoms. The lowest BCUT2D eigenvalue weighted by Gasteiger charge is -2.02. The largest absolute Gasteiger partial charge is 0.399 e. The van der Waals surface area contributed by atoms with E-state index >= 15 is 0 Å². The average molecular weight is 475 g/mol. The van der Waals surface area contributed by atoms with Crippen molar-refractivity contribution < 1.29 is 21.6 Å². The van der Waals surface area contributed by atoms with Crippen LogP contribution in [0.1, 0.15) is 6.92 Å². The summed E-state index contributed by atoms with van der Waals surface area (Å²) >= 11 is 0. The van der Waals surface area contributed by atoms with E-state index in [4.69, 9.17) is 16.8 Å². The van der Waals surface area contributed by atoms with Gasteiger partial charge >= 0.3 is 0 Å². The number of nitrogen functional groups attached to an aromatic ring is 1. The molecule has 0 spiro atoms.